The van der Waals surface area contributed by atoms with E-state index < -0.39 is 0 Å². The Morgan fingerprint density at radius 1 is 1.42 bits per heavy atom. The minimum absolute atomic E-state index is 0.0192. The average molecular weight is 327 g/mol. The van der Waals surface area contributed by atoms with Crippen LogP contribution in [0.5, 0.6) is 0 Å². The fourth-order valence-corrected chi connectivity index (χ4v) is 2.66. The van der Waals surface area contributed by atoms with Crippen molar-refractivity contribution in [2.24, 2.45) is 11.3 Å². The van der Waals surface area contributed by atoms with Gasteiger partial charge in [0.2, 0.25) is 5.91 Å². The second kappa shape index (κ2) is 6.42. The van der Waals surface area contributed by atoms with E-state index in [1.165, 1.54) is 0 Å². The minimum atomic E-state index is 0.0192. The Balaban J connectivity index is 2.56. The van der Waals surface area contributed by atoms with E-state index in [-0.39, 0.29) is 11.3 Å². The zero-order chi connectivity index (χ0) is 14.6. The van der Waals surface area contributed by atoms with Gasteiger partial charge in [-0.2, -0.15) is 0 Å². The third kappa shape index (κ3) is 6.10. The predicted octanol–water partition coefficient (Wildman–Crippen LogP) is 4.43. The van der Waals surface area contributed by atoms with Crippen LogP contribution in [0.2, 0.25) is 0 Å². The molecule has 0 aliphatic rings. The molecule has 0 fully saturated rings. The number of hydrogen-bond donors (Lipinski definition) is 2. The fraction of sp³-hybridized carbons (Fsp3) is 0.533. The van der Waals surface area contributed by atoms with E-state index in [4.69, 9.17) is 5.73 Å². The summed E-state index contributed by atoms with van der Waals surface area (Å²) in [7, 11) is 0. The fourth-order valence-electron chi connectivity index (χ4n) is 2.28. The van der Waals surface area contributed by atoms with Crippen molar-refractivity contribution in [1.29, 1.82) is 0 Å². The highest BCUT2D eigenvalue weighted by molar-refractivity contribution is 9.10. The van der Waals surface area contributed by atoms with Crippen molar-refractivity contribution < 1.29 is 4.79 Å². The van der Waals surface area contributed by atoms with Crippen LogP contribution in [0.4, 0.5) is 11.4 Å². The number of benzene rings is 1. The van der Waals surface area contributed by atoms with Crippen LogP contribution in [-0.4, -0.2) is 5.91 Å². The highest BCUT2D eigenvalue weighted by Gasteiger charge is 2.18. The number of nitrogens with two attached hydrogens (primary N) is 1. The highest BCUT2D eigenvalue weighted by atomic mass is 79.9. The van der Waals surface area contributed by atoms with Gasteiger partial charge >= 0.3 is 0 Å². The SMILES string of the molecule is CC(CC(=O)Nc1ccc(Br)cc1N)CC(C)(C)C. The van der Waals surface area contributed by atoms with Crippen LogP contribution >= 0.6 is 15.9 Å². The zero-order valence-electron chi connectivity index (χ0n) is 12.1. The first-order valence-corrected chi connectivity index (χ1v) is 7.31. The monoisotopic (exact) mass is 326 g/mol. The van der Waals surface area contributed by atoms with E-state index in [9.17, 15) is 4.79 Å². The van der Waals surface area contributed by atoms with Gasteiger partial charge in [0.1, 0.15) is 0 Å². The minimum Gasteiger partial charge on any atom is -0.397 e. The molecule has 0 bridgehead atoms. The molecule has 1 atom stereocenters. The maximum atomic E-state index is 12.0. The van der Waals surface area contributed by atoms with Crippen molar-refractivity contribution in [1.82, 2.24) is 0 Å². The van der Waals surface area contributed by atoms with E-state index in [1.807, 2.05) is 12.1 Å². The van der Waals surface area contributed by atoms with Crippen LogP contribution in [-0.2, 0) is 4.79 Å². The number of nitrogens with one attached hydrogen (secondary N) is 1. The first-order valence-electron chi connectivity index (χ1n) is 6.52. The summed E-state index contributed by atoms with van der Waals surface area (Å²) in [5.41, 5.74) is 7.36. The smallest absolute Gasteiger partial charge is 0.224 e. The normalized spacial score (nSPS) is 13.1. The molecule has 0 spiro atoms. The van der Waals surface area contributed by atoms with Gasteiger partial charge in [-0.3, -0.25) is 4.79 Å². The number of carbonyl (C=O) groups excluding carboxylic acids is 1. The summed E-state index contributed by atoms with van der Waals surface area (Å²) in [5, 5.41) is 2.87. The molecule has 0 aromatic heterocycles. The molecule has 0 radical (unpaired) electrons. The molecule has 0 heterocycles. The van der Waals surface area contributed by atoms with Crippen LogP contribution in [0.15, 0.2) is 22.7 Å². The molecule has 1 unspecified atom stereocenters. The maximum absolute atomic E-state index is 12.0. The van der Waals surface area contributed by atoms with Crippen molar-refractivity contribution in [2.45, 2.75) is 40.5 Å². The summed E-state index contributed by atoms with van der Waals surface area (Å²) in [6.45, 7) is 8.67. The highest BCUT2D eigenvalue weighted by Crippen LogP contribution is 2.27. The second-order valence-electron chi connectivity index (χ2n) is 6.35. The van der Waals surface area contributed by atoms with Crippen LogP contribution in [0.3, 0.4) is 0 Å². The topological polar surface area (TPSA) is 55.1 Å². The van der Waals surface area contributed by atoms with Gasteiger partial charge in [-0.05, 0) is 36.0 Å². The lowest BCUT2D eigenvalue weighted by atomic mass is 9.84. The Hall–Kier alpha value is -1.03. The van der Waals surface area contributed by atoms with Gasteiger partial charge in [0, 0.05) is 10.9 Å². The van der Waals surface area contributed by atoms with E-state index in [1.54, 1.807) is 6.07 Å². The number of amides is 1. The van der Waals surface area contributed by atoms with Crippen molar-refractivity contribution in [2.75, 3.05) is 11.1 Å². The lowest BCUT2D eigenvalue weighted by Crippen LogP contribution is -2.19. The first-order chi connectivity index (χ1) is 8.67. The molecule has 0 aliphatic carbocycles. The molecule has 3 N–H and O–H groups in total. The van der Waals surface area contributed by atoms with Gasteiger partial charge in [-0.15, -0.1) is 0 Å². The molecule has 1 amide bonds. The zero-order valence-corrected chi connectivity index (χ0v) is 13.7. The summed E-state index contributed by atoms with van der Waals surface area (Å²) in [6.07, 6.45) is 1.54. The number of hydrogen-bond acceptors (Lipinski definition) is 2. The van der Waals surface area contributed by atoms with Crippen LogP contribution in [0.1, 0.15) is 40.5 Å². The largest absolute Gasteiger partial charge is 0.397 e. The molecular formula is C15H23BrN2O. The van der Waals surface area contributed by atoms with E-state index in [2.05, 4.69) is 48.9 Å². The van der Waals surface area contributed by atoms with E-state index >= 15 is 0 Å². The summed E-state index contributed by atoms with van der Waals surface area (Å²) < 4.78 is 0.907. The van der Waals surface area contributed by atoms with Gasteiger partial charge in [-0.25, -0.2) is 0 Å². The number of rotatable bonds is 4. The molecule has 4 heteroatoms. The van der Waals surface area contributed by atoms with Crippen LogP contribution in [0, 0.1) is 11.3 Å². The molecule has 19 heavy (non-hydrogen) atoms. The summed E-state index contributed by atoms with van der Waals surface area (Å²) in [6, 6.07) is 5.46. The Morgan fingerprint density at radius 3 is 2.58 bits per heavy atom. The van der Waals surface area contributed by atoms with Crippen molar-refractivity contribution in [3.8, 4) is 0 Å². The predicted molar refractivity (Wildman–Crippen MR) is 85.0 cm³/mol. The number of nitrogen functional groups attached to an aromatic ring is 1. The maximum Gasteiger partial charge on any atom is 0.224 e. The molecule has 0 aliphatic heterocycles. The van der Waals surface area contributed by atoms with Gasteiger partial charge in [0.15, 0.2) is 0 Å². The second-order valence-corrected chi connectivity index (χ2v) is 7.27. The number of halogens is 1. The van der Waals surface area contributed by atoms with Crippen molar-refractivity contribution in [3.63, 3.8) is 0 Å². The van der Waals surface area contributed by atoms with Crippen molar-refractivity contribution in [3.05, 3.63) is 22.7 Å². The van der Waals surface area contributed by atoms with Crippen LogP contribution < -0.4 is 11.1 Å². The summed E-state index contributed by atoms with van der Waals surface area (Å²) in [4.78, 5) is 12.0. The lowest BCUT2D eigenvalue weighted by Gasteiger charge is -2.22. The van der Waals surface area contributed by atoms with Gasteiger partial charge in [0.05, 0.1) is 11.4 Å². The van der Waals surface area contributed by atoms with E-state index in [0.717, 1.165) is 10.9 Å². The Labute approximate surface area is 124 Å². The Morgan fingerprint density at radius 2 is 2.05 bits per heavy atom. The molecular weight excluding hydrogens is 304 g/mol. The molecule has 3 nitrogen and oxygen atoms in total. The first kappa shape index (κ1) is 16.0. The number of anilines is 2. The molecule has 0 saturated carbocycles. The van der Waals surface area contributed by atoms with Gasteiger partial charge < -0.3 is 11.1 Å². The number of carbonyl (C=O) groups is 1. The molecule has 106 valence electrons. The molecule has 1 aromatic rings. The van der Waals surface area contributed by atoms with Crippen LogP contribution in [0.25, 0.3) is 0 Å². The third-order valence-electron chi connectivity index (χ3n) is 2.78. The van der Waals surface area contributed by atoms with Gasteiger partial charge in [-0.1, -0.05) is 43.6 Å². The summed E-state index contributed by atoms with van der Waals surface area (Å²) >= 11 is 3.34. The third-order valence-corrected chi connectivity index (χ3v) is 3.28. The Bertz CT molecular complexity index is 452. The Kier molecular flexibility index (Phi) is 5.41. The molecule has 0 saturated heterocycles. The van der Waals surface area contributed by atoms with Gasteiger partial charge in [0.25, 0.3) is 0 Å². The average Bonchev–Trinajstić information content (AvgIpc) is 2.19. The summed E-state index contributed by atoms with van der Waals surface area (Å²) in [5.74, 6) is 0.377. The standard InChI is InChI=1S/C15H23BrN2O/c1-10(9-15(2,3)4)7-14(19)18-13-6-5-11(16)8-12(13)17/h5-6,8,10H,7,9,17H2,1-4H3,(H,18,19). The van der Waals surface area contributed by atoms with E-state index in [0.29, 0.717) is 23.7 Å². The van der Waals surface area contributed by atoms with Crippen molar-refractivity contribution >= 4 is 33.2 Å². The molecule has 1 rings (SSSR count). The quantitative estimate of drug-likeness (QED) is 0.804. The lowest BCUT2D eigenvalue weighted by molar-refractivity contribution is -0.117. The molecule has 1 aromatic carbocycles.